The second-order valence-corrected chi connectivity index (χ2v) is 6.57. The summed E-state index contributed by atoms with van der Waals surface area (Å²) in [4.78, 5) is 2.56. The monoisotopic (exact) mass is 302 g/mol. The topological polar surface area (TPSA) is 33.7 Å². The summed E-state index contributed by atoms with van der Waals surface area (Å²) in [5.41, 5.74) is 4.22. The van der Waals surface area contributed by atoms with E-state index < -0.39 is 0 Å². The maximum Gasteiger partial charge on any atom is 0.126 e. The van der Waals surface area contributed by atoms with E-state index in [1.807, 2.05) is 0 Å². The first-order valence-corrected chi connectivity index (χ1v) is 8.78. The predicted molar refractivity (Wildman–Crippen MR) is 87.1 cm³/mol. The van der Waals surface area contributed by atoms with Gasteiger partial charge in [0.15, 0.2) is 0 Å². The smallest absolute Gasteiger partial charge is 0.126 e. The van der Waals surface area contributed by atoms with Crippen LogP contribution in [0.4, 0.5) is 0 Å². The molecule has 0 aliphatic carbocycles. The fourth-order valence-electron chi connectivity index (χ4n) is 3.90. The summed E-state index contributed by atoms with van der Waals surface area (Å²) in [5, 5.41) is 3.43. The molecule has 120 valence electrons. The van der Waals surface area contributed by atoms with E-state index in [1.165, 1.54) is 22.4 Å². The lowest BCUT2D eigenvalue weighted by atomic mass is 9.91. The van der Waals surface area contributed by atoms with E-state index in [2.05, 4.69) is 16.3 Å². The van der Waals surface area contributed by atoms with Crippen LogP contribution in [0.15, 0.2) is 6.07 Å². The van der Waals surface area contributed by atoms with E-state index in [0.29, 0.717) is 0 Å². The second-order valence-electron chi connectivity index (χ2n) is 6.57. The van der Waals surface area contributed by atoms with Gasteiger partial charge in [0, 0.05) is 43.9 Å². The molecule has 0 amide bonds. The Morgan fingerprint density at radius 1 is 1.05 bits per heavy atom. The van der Waals surface area contributed by atoms with Gasteiger partial charge in [-0.3, -0.25) is 0 Å². The van der Waals surface area contributed by atoms with Gasteiger partial charge in [0.1, 0.15) is 11.5 Å². The molecule has 3 heterocycles. The Morgan fingerprint density at radius 3 is 2.77 bits per heavy atom. The molecule has 3 aliphatic heterocycles. The van der Waals surface area contributed by atoms with Crippen LogP contribution in [0.1, 0.15) is 29.5 Å². The molecule has 4 nitrogen and oxygen atoms in total. The number of benzene rings is 1. The number of rotatable bonds is 3. The molecule has 0 bridgehead atoms. The van der Waals surface area contributed by atoms with Gasteiger partial charge < -0.3 is 19.7 Å². The van der Waals surface area contributed by atoms with Crippen molar-refractivity contribution < 1.29 is 9.47 Å². The Labute approximate surface area is 132 Å². The van der Waals surface area contributed by atoms with E-state index in [0.717, 1.165) is 83.8 Å². The van der Waals surface area contributed by atoms with Gasteiger partial charge in [-0.05, 0) is 43.7 Å². The van der Waals surface area contributed by atoms with E-state index in [9.17, 15) is 0 Å². The van der Waals surface area contributed by atoms with Gasteiger partial charge in [0.05, 0.1) is 13.2 Å². The van der Waals surface area contributed by atoms with Crippen LogP contribution < -0.4 is 14.8 Å². The predicted octanol–water partition coefficient (Wildman–Crippen LogP) is 1.78. The summed E-state index contributed by atoms with van der Waals surface area (Å²) in [5.74, 6) is 2.32. The van der Waals surface area contributed by atoms with E-state index >= 15 is 0 Å². The molecule has 22 heavy (non-hydrogen) atoms. The molecule has 0 unspecified atom stereocenters. The Morgan fingerprint density at radius 2 is 1.86 bits per heavy atom. The molecule has 0 spiro atoms. The normalized spacial score (nSPS) is 21.5. The van der Waals surface area contributed by atoms with Gasteiger partial charge in [-0.25, -0.2) is 0 Å². The average Bonchev–Trinajstić information content (AvgIpc) is 2.59. The SMILES string of the molecule is c1c2c(c(CCN3CCNCC3)c3c1OCCC3)OCCC2. The average molecular weight is 302 g/mol. The number of nitrogens with zero attached hydrogens (tertiary/aromatic N) is 1. The number of ether oxygens (including phenoxy) is 2. The first-order chi connectivity index (χ1) is 10.9. The van der Waals surface area contributed by atoms with Crippen LogP contribution in [0.5, 0.6) is 11.5 Å². The number of hydrogen-bond donors (Lipinski definition) is 1. The molecular weight excluding hydrogens is 276 g/mol. The van der Waals surface area contributed by atoms with Gasteiger partial charge in [-0.15, -0.1) is 0 Å². The zero-order chi connectivity index (χ0) is 14.8. The van der Waals surface area contributed by atoms with E-state index in [4.69, 9.17) is 9.47 Å². The minimum atomic E-state index is 0.865. The van der Waals surface area contributed by atoms with Gasteiger partial charge in [0.2, 0.25) is 0 Å². The molecule has 1 saturated heterocycles. The molecule has 4 rings (SSSR count). The van der Waals surface area contributed by atoms with Crippen molar-refractivity contribution in [2.24, 2.45) is 0 Å². The number of fused-ring (bicyclic) bond motifs is 2. The number of aryl methyl sites for hydroxylation is 1. The number of nitrogens with one attached hydrogen (secondary N) is 1. The van der Waals surface area contributed by atoms with Crippen molar-refractivity contribution in [1.29, 1.82) is 0 Å². The van der Waals surface area contributed by atoms with Crippen molar-refractivity contribution in [2.45, 2.75) is 32.1 Å². The summed E-state index contributed by atoms with van der Waals surface area (Å²) in [6, 6.07) is 2.25. The molecule has 1 aromatic carbocycles. The van der Waals surface area contributed by atoms with Crippen LogP contribution in [0, 0.1) is 0 Å². The van der Waals surface area contributed by atoms with Crippen molar-refractivity contribution >= 4 is 0 Å². The van der Waals surface area contributed by atoms with Crippen LogP contribution in [0.3, 0.4) is 0 Å². The second kappa shape index (κ2) is 6.47. The standard InChI is InChI=1S/C18H26N2O2/c1-3-14-13-17-15(4-2-11-21-17)16(18(14)22-12-1)5-8-20-9-6-19-7-10-20/h13,19H,1-12H2. The highest BCUT2D eigenvalue weighted by atomic mass is 16.5. The van der Waals surface area contributed by atoms with Crippen LogP contribution in [0.2, 0.25) is 0 Å². The van der Waals surface area contributed by atoms with Crippen LogP contribution in [0.25, 0.3) is 0 Å². The zero-order valence-corrected chi connectivity index (χ0v) is 13.3. The summed E-state index contributed by atoms with van der Waals surface area (Å²) in [6.07, 6.45) is 5.62. The molecular formula is C18H26N2O2. The minimum Gasteiger partial charge on any atom is -0.493 e. The lowest BCUT2D eigenvalue weighted by Gasteiger charge is -2.30. The molecule has 0 aromatic heterocycles. The van der Waals surface area contributed by atoms with Crippen molar-refractivity contribution in [1.82, 2.24) is 10.2 Å². The summed E-state index contributed by atoms with van der Waals surface area (Å²) < 4.78 is 12.0. The Hall–Kier alpha value is -1.26. The van der Waals surface area contributed by atoms with E-state index in [1.54, 1.807) is 0 Å². The maximum atomic E-state index is 6.07. The number of piperazine rings is 1. The molecule has 1 N–H and O–H groups in total. The third kappa shape index (κ3) is 2.82. The molecule has 1 fully saturated rings. The molecule has 3 aliphatic rings. The van der Waals surface area contributed by atoms with Gasteiger partial charge >= 0.3 is 0 Å². The minimum absolute atomic E-state index is 0.865. The highest BCUT2D eigenvalue weighted by molar-refractivity contribution is 5.55. The summed E-state index contributed by atoms with van der Waals surface area (Å²) in [7, 11) is 0. The lowest BCUT2D eigenvalue weighted by Crippen LogP contribution is -2.44. The molecule has 0 atom stereocenters. The van der Waals surface area contributed by atoms with Crippen LogP contribution >= 0.6 is 0 Å². The Bertz CT molecular complexity index is 504. The van der Waals surface area contributed by atoms with Gasteiger partial charge in [-0.1, -0.05) is 0 Å². The van der Waals surface area contributed by atoms with Crippen molar-refractivity contribution in [2.75, 3.05) is 45.9 Å². The Kier molecular flexibility index (Phi) is 4.22. The quantitative estimate of drug-likeness (QED) is 0.923. The fourth-order valence-corrected chi connectivity index (χ4v) is 3.90. The van der Waals surface area contributed by atoms with Gasteiger partial charge in [0.25, 0.3) is 0 Å². The first-order valence-electron chi connectivity index (χ1n) is 8.78. The summed E-state index contributed by atoms with van der Waals surface area (Å²) in [6.45, 7) is 7.42. The molecule has 4 heteroatoms. The van der Waals surface area contributed by atoms with Crippen molar-refractivity contribution in [3.05, 3.63) is 22.8 Å². The lowest BCUT2D eigenvalue weighted by molar-refractivity contribution is 0.238. The fraction of sp³-hybridized carbons (Fsp3) is 0.667. The van der Waals surface area contributed by atoms with Crippen LogP contribution in [-0.2, 0) is 19.3 Å². The molecule has 1 aromatic rings. The molecule has 0 saturated carbocycles. The van der Waals surface area contributed by atoms with Gasteiger partial charge in [-0.2, -0.15) is 0 Å². The third-order valence-corrected chi connectivity index (χ3v) is 5.09. The Balaban J connectivity index is 1.60. The molecule has 0 radical (unpaired) electrons. The highest BCUT2D eigenvalue weighted by Crippen LogP contribution is 2.40. The largest absolute Gasteiger partial charge is 0.493 e. The maximum absolute atomic E-state index is 6.07. The van der Waals surface area contributed by atoms with Crippen molar-refractivity contribution in [3.63, 3.8) is 0 Å². The highest BCUT2D eigenvalue weighted by Gasteiger charge is 2.24. The zero-order valence-electron chi connectivity index (χ0n) is 13.3. The first kappa shape index (κ1) is 14.3. The summed E-state index contributed by atoms with van der Waals surface area (Å²) >= 11 is 0. The van der Waals surface area contributed by atoms with Crippen molar-refractivity contribution in [3.8, 4) is 11.5 Å². The van der Waals surface area contributed by atoms with E-state index in [-0.39, 0.29) is 0 Å². The van der Waals surface area contributed by atoms with Crippen LogP contribution in [-0.4, -0.2) is 50.8 Å². The third-order valence-electron chi connectivity index (χ3n) is 5.09. The number of hydrogen-bond acceptors (Lipinski definition) is 4.